The number of allylic oxidation sites excluding steroid dienone is 2. The summed E-state index contributed by atoms with van der Waals surface area (Å²) in [7, 11) is 0. The first-order valence-corrected chi connectivity index (χ1v) is 10.1. The highest BCUT2D eigenvalue weighted by molar-refractivity contribution is 5.85. The van der Waals surface area contributed by atoms with Crippen LogP contribution in [0.5, 0.6) is 0 Å². The molecule has 0 aromatic heterocycles. The molecule has 150 valence electrons. The van der Waals surface area contributed by atoms with Gasteiger partial charge in [0, 0.05) is 6.08 Å². The minimum atomic E-state index is -0.963. The van der Waals surface area contributed by atoms with Crippen molar-refractivity contribution in [3.63, 3.8) is 0 Å². The maximum absolute atomic E-state index is 10.9. The number of hydrogen-bond donors (Lipinski definition) is 1. The second-order valence-electron chi connectivity index (χ2n) is 7.16. The Morgan fingerprint density at radius 3 is 1.32 bits per heavy atom. The summed E-state index contributed by atoms with van der Waals surface area (Å²) in [6.07, 6.45) is 4.58. The molecule has 0 bridgehead atoms. The van der Waals surface area contributed by atoms with E-state index in [-0.39, 0.29) is 0 Å². The van der Waals surface area contributed by atoms with Crippen molar-refractivity contribution in [3.8, 4) is 22.3 Å². The Morgan fingerprint density at radius 1 is 0.548 bits per heavy atom. The van der Waals surface area contributed by atoms with E-state index in [0.29, 0.717) is 0 Å². The third-order valence-electron chi connectivity index (χ3n) is 5.11. The summed E-state index contributed by atoms with van der Waals surface area (Å²) < 4.78 is 0. The highest BCUT2D eigenvalue weighted by Gasteiger charge is 2.07. The topological polar surface area (TPSA) is 37.3 Å². The molecule has 31 heavy (non-hydrogen) atoms. The van der Waals surface area contributed by atoms with Gasteiger partial charge >= 0.3 is 5.97 Å². The van der Waals surface area contributed by atoms with Gasteiger partial charge in [0.05, 0.1) is 0 Å². The molecule has 0 aliphatic rings. The van der Waals surface area contributed by atoms with Crippen molar-refractivity contribution in [1.82, 2.24) is 0 Å². The van der Waals surface area contributed by atoms with Gasteiger partial charge in [0.1, 0.15) is 0 Å². The first-order valence-electron chi connectivity index (χ1n) is 10.1. The molecule has 0 aliphatic heterocycles. The van der Waals surface area contributed by atoms with E-state index in [1.807, 2.05) is 42.5 Å². The van der Waals surface area contributed by atoms with Crippen LogP contribution in [0.4, 0.5) is 0 Å². The minimum Gasteiger partial charge on any atom is -0.478 e. The number of carboxylic acids is 1. The highest BCUT2D eigenvalue weighted by Crippen LogP contribution is 2.29. The lowest BCUT2D eigenvalue weighted by atomic mass is 9.94. The Kier molecular flexibility index (Phi) is 6.20. The maximum Gasteiger partial charge on any atom is 0.328 e. The third-order valence-corrected chi connectivity index (χ3v) is 5.11. The molecule has 0 saturated carbocycles. The molecule has 4 rings (SSSR count). The zero-order chi connectivity index (χ0) is 21.5. The molecule has 0 amide bonds. The van der Waals surface area contributed by atoms with Crippen LogP contribution in [0.15, 0.2) is 127 Å². The van der Waals surface area contributed by atoms with Crippen LogP contribution in [-0.4, -0.2) is 11.1 Å². The molecule has 0 fully saturated rings. The van der Waals surface area contributed by atoms with Crippen LogP contribution in [0.3, 0.4) is 0 Å². The molecule has 2 nitrogen and oxygen atoms in total. The molecule has 0 spiro atoms. The van der Waals surface area contributed by atoms with Crippen LogP contribution in [0.25, 0.3) is 27.8 Å². The summed E-state index contributed by atoms with van der Waals surface area (Å²) in [5.74, 6) is -0.963. The van der Waals surface area contributed by atoms with Gasteiger partial charge in [0.2, 0.25) is 0 Å². The molecule has 0 atom stereocenters. The van der Waals surface area contributed by atoms with Crippen LogP contribution in [0, 0.1) is 0 Å². The highest BCUT2D eigenvalue weighted by atomic mass is 16.4. The summed E-state index contributed by atoms with van der Waals surface area (Å²) in [6, 6.07) is 37.2. The van der Waals surface area contributed by atoms with Gasteiger partial charge in [0.25, 0.3) is 0 Å². The minimum absolute atomic E-state index is 0.963. The zero-order valence-corrected chi connectivity index (χ0v) is 17.0. The first kappa shape index (κ1) is 20.1. The van der Waals surface area contributed by atoms with Gasteiger partial charge in [0.15, 0.2) is 0 Å². The first-order chi connectivity index (χ1) is 15.2. The van der Waals surface area contributed by atoms with Gasteiger partial charge < -0.3 is 5.11 Å². The van der Waals surface area contributed by atoms with Crippen LogP contribution < -0.4 is 0 Å². The lowest BCUT2D eigenvalue weighted by Gasteiger charge is -2.11. The third kappa shape index (κ3) is 5.06. The van der Waals surface area contributed by atoms with Gasteiger partial charge in [-0.2, -0.15) is 0 Å². The van der Waals surface area contributed by atoms with Crippen molar-refractivity contribution in [3.05, 3.63) is 139 Å². The molecule has 4 aromatic rings. The molecule has 0 saturated heterocycles. The lowest BCUT2D eigenvalue weighted by molar-refractivity contribution is -0.131. The van der Waals surface area contributed by atoms with Crippen molar-refractivity contribution in [2.75, 3.05) is 0 Å². The number of carbonyl (C=O) groups is 1. The summed E-state index contributed by atoms with van der Waals surface area (Å²) >= 11 is 0. The summed E-state index contributed by atoms with van der Waals surface area (Å²) in [6.45, 7) is 0. The Morgan fingerprint density at radius 2 is 0.935 bits per heavy atom. The van der Waals surface area contributed by atoms with Crippen molar-refractivity contribution in [2.24, 2.45) is 0 Å². The molecule has 4 aromatic carbocycles. The van der Waals surface area contributed by atoms with E-state index in [1.165, 1.54) is 0 Å². The van der Waals surface area contributed by atoms with E-state index in [9.17, 15) is 4.79 Å². The predicted molar refractivity (Wildman–Crippen MR) is 128 cm³/mol. The molecule has 2 heteroatoms. The number of benzene rings is 4. The number of hydrogen-bond acceptors (Lipinski definition) is 1. The standard InChI is InChI=1S/C29H22O2/c30-29(31)13-7-12-28(26-18-14-24(15-19-26)22-8-3-1-4-9-22)27-20-16-25(17-21-27)23-10-5-2-6-11-23/h1-21H,(H,30,31). The average molecular weight is 402 g/mol. The van der Waals surface area contributed by atoms with Gasteiger partial charge in [-0.1, -0.05) is 121 Å². The molecular weight excluding hydrogens is 380 g/mol. The van der Waals surface area contributed by atoms with Gasteiger partial charge in [-0.15, -0.1) is 0 Å². The van der Waals surface area contributed by atoms with E-state index in [1.54, 1.807) is 6.08 Å². The van der Waals surface area contributed by atoms with Crippen molar-refractivity contribution in [1.29, 1.82) is 0 Å². The normalized spacial score (nSPS) is 10.7. The van der Waals surface area contributed by atoms with Crippen LogP contribution in [-0.2, 0) is 4.79 Å². The molecule has 0 unspecified atom stereocenters. The molecule has 0 aliphatic carbocycles. The van der Waals surface area contributed by atoms with Crippen LogP contribution in [0.2, 0.25) is 0 Å². The zero-order valence-electron chi connectivity index (χ0n) is 17.0. The smallest absolute Gasteiger partial charge is 0.328 e. The Balaban J connectivity index is 1.69. The van der Waals surface area contributed by atoms with Crippen LogP contribution in [0.1, 0.15) is 11.1 Å². The van der Waals surface area contributed by atoms with Gasteiger partial charge in [-0.25, -0.2) is 4.79 Å². The SMILES string of the molecule is O=C(O)C=CC=C(c1ccc(-c2ccccc2)cc1)c1ccc(-c2ccccc2)cc1. The fourth-order valence-corrected chi connectivity index (χ4v) is 3.53. The maximum atomic E-state index is 10.9. The quantitative estimate of drug-likeness (QED) is 0.276. The molecule has 1 N–H and O–H groups in total. The summed E-state index contributed by atoms with van der Waals surface area (Å²) in [5.41, 5.74) is 7.64. The Labute approximate surface area is 182 Å². The Hall–Kier alpha value is -4.17. The van der Waals surface area contributed by atoms with Crippen molar-refractivity contribution < 1.29 is 9.90 Å². The lowest BCUT2D eigenvalue weighted by Crippen LogP contribution is -1.90. The average Bonchev–Trinajstić information content (AvgIpc) is 2.83. The predicted octanol–water partition coefficient (Wildman–Crippen LogP) is 7.09. The van der Waals surface area contributed by atoms with E-state index >= 15 is 0 Å². The molecular formula is C29H22O2. The number of aliphatic carboxylic acids is 1. The number of rotatable bonds is 6. The van der Waals surface area contributed by atoms with Crippen molar-refractivity contribution in [2.45, 2.75) is 0 Å². The summed E-state index contributed by atoms with van der Waals surface area (Å²) in [4.78, 5) is 10.9. The van der Waals surface area contributed by atoms with Gasteiger partial charge in [-0.05, 0) is 39.0 Å². The van der Waals surface area contributed by atoms with E-state index in [0.717, 1.165) is 45.0 Å². The van der Waals surface area contributed by atoms with Crippen LogP contribution >= 0.6 is 0 Å². The molecule has 0 radical (unpaired) electrons. The summed E-state index contributed by atoms with van der Waals surface area (Å²) in [5, 5.41) is 8.98. The fourth-order valence-electron chi connectivity index (χ4n) is 3.53. The van der Waals surface area contributed by atoms with Gasteiger partial charge in [-0.3, -0.25) is 0 Å². The van der Waals surface area contributed by atoms with E-state index < -0.39 is 5.97 Å². The second-order valence-corrected chi connectivity index (χ2v) is 7.16. The molecule has 0 heterocycles. The number of carboxylic acid groups (broad SMARTS) is 1. The fraction of sp³-hybridized carbons (Fsp3) is 0. The van der Waals surface area contributed by atoms with E-state index in [2.05, 4.69) is 72.8 Å². The van der Waals surface area contributed by atoms with Crippen molar-refractivity contribution >= 4 is 11.5 Å². The monoisotopic (exact) mass is 402 g/mol. The largest absolute Gasteiger partial charge is 0.478 e. The van der Waals surface area contributed by atoms with E-state index in [4.69, 9.17) is 5.11 Å². The second kappa shape index (κ2) is 9.55. The Bertz CT molecular complexity index is 1120.